The molecular formula is C23H27N3O5. The van der Waals surface area contributed by atoms with Gasteiger partial charge in [0.25, 0.3) is 5.91 Å². The third-order valence-electron chi connectivity index (χ3n) is 5.19. The molecule has 3 N–H and O–H groups in total. The van der Waals surface area contributed by atoms with Gasteiger partial charge in [0.05, 0.1) is 37.9 Å². The van der Waals surface area contributed by atoms with Crippen molar-refractivity contribution in [3.63, 3.8) is 0 Å². The molecule has 2 aromatic rings. The Balaban J connectivity index is 1.74. The lowest BCUT2D eigenvalue weighted by atomic mass is 9.95. The molecule has 3 rings (SSSR count). The number of nitrogens with one attached hydrogen (secondary N) is 3. The summed E-state index contributed by atoms with van der Waals surface area (Å²) in [6.07, 6.45) is -0.179. The highest BCUT2D eigenvalue weighted by atomic mass is 16.5. The normalized spacial score (nSPS) is 16.5. The van der Waals surface area contributed by atoms with Gasteiger partial charge in [0.2, 0.25) is 11.8 Å². The molecule has 1 aliphatic heterocycles. The predicted molar refractivity (Wildman–Crippen MR) is 116 cm³/mol. The summed E-state index contributed by atoms with van der Waals surface area (Å²) >= 11 is 0. The summed E-state index contributed by atoms with van der Waals surface area (Å²) in [5.41, 5.74) is 1.64. The van der Waals surface area contributed by atoms with Gasteiger partial charge in [0, 0.05) is 0 Å². The highest BCUT2D eigenvalue weighted by Crippen LogP contribution is 2.32. The molecule has 0 saturated carbocycles. The van der Waals surface area contributed by atoms with Gasteiger partial charge in [-0.2, -0.15) is 0 Å². The number of fused-ring (bicyclic) bond motifs is 1. The van der Waals surface area contributed by atoms with E-state index in [1.165, 1.54) is 0 Å². The van der Waals surface area contributed by atoms with Gasteiger partial charge in [-0.25, -0.2) is 0 Å². The quantitative estimate of drug-likeness (QED) is 0.632. The lowest BCUT2D eigenvalue weighted by Gasteiger charge is -2.25. The molecule has 0 bridgehead atoms. The van der Waals surface area contributed by atoms with Gasteiger partial charge < -0.3 is 25.4 Å². The van der Waals surface area contributed by atoms with Crippen molar-refractivity contribution < 1.29 is 23.9 Å². The molecule has 8 nitrogen and oxygen atoms in total. The van der Waals surface area contributed by atoms with Crippen LogP contribution in [0.4, 0.5) is 5.69 Å². The number of methoxy groups -OCH3 is 2. The molecule has 31 heavy (non-hydrogen) atoms. The van der Waals surface area contributed by atoms with E-state index >= 15 is 0 Å². The second-order valence-electron chi connectivity index (χ2n) is 7.67. The summed E-state index contributed by atoms with van der Waals surface area (Å²) in [6.45, 7) is 3.97. The number of carbonyl (C=O) groups is 3. The summed E-state index contributed by atoms with van der Waals surface area (Å²) in [4.78, 5) is 37.8. The maximum Gasteiger partial charge on any atom is 0.254 e. The summed E-state index contributed by atoms with van der Waals surface area (Å²) in [6, 6.07) is 10.9. The second kappa shape index (κ2) is 9.51. The van der Waals surface area contributed by atoms with Crippen molar-refractivity contribution in [1.29, 1.82) is 0 Å². The van der Waals surface area contributed by atoms with Crippen LogP contribution in [0.2, 0.25) is 0 Å². The van der Waals surface area contributed by atoms with Gasteiger partial charge in [0.1, 0.15) is 6.04 Å². The minimum absolute atomic E-state index is 0.0730. The molecule has 0 spiro atoms. The number of anilines is 1. The topological polar surface area (TPSA) is 106 Å². The van der Waals surface area contributed by atoms with E-state index < -0.39 is 17.9 Å². The van der Waals surface area contributed by atoms with Gasteiger partial charge in [-0.05, 0) is 35.7 Å². The summed E-state index contributed by atoms with van der Waals surface area (Å²) in [5.74, 6) is 0.0574. The standard InChI is InChI=1S/C23H27N3O5/c1-13(2)21(14-9-10-18(30-3)19(11-14)31-4)26-20(27)12-17-23(29)24-16-8-6-5-7-15(16)22(28)25-17/h5-11,13,17,21H,12H2,1-4H3,(H,24,29)(H,25,28)(H,26,27)/t17-,21+/m0/s1. The first-order valence-corrected chi connectivity index (χ1v) is 10.1. The van der Waals surface area contributed by atoms with Crippen LogP contribution in [0.1, 0.15) is 42.2 Å². The molecule has 0 unspecified atom stereocenters. The zero-order valence-corrected chi connectivity index (χ0v) is 18.0. The minimum atomic E-state index is -0.974. The Bertz CT molecular complexity index is 989. The molecule has 0 aromatic heterocycles. The van der Waals surface area contributed by atoms with Crippen molar-refractivity contribution in [2.45, 2.75) is 32.4 Å². The van der Waals surface area contributed by atoms with Gasteiger partial charge in [0.15, 0.2) is 11.5 Å². The van der Waals surface area contributed by atoms with E-state index in [-0.39, 0.29) is 24.3 Å². The molecule has 1 aliphatic rings. The zero-order valence-electron chi connectivity index (χ0n) is 18.0. The number of rotatable bonds is 7. The SMILES string of the molecule is COc1ccc([C@H](NC(=O)C[C@@H]2NC(=O)c3ccccc3NC2=O)C(C)C)cc1OC. The van der Waals surface area contributed by atoms with Gasteiger partial charge in [-0.15, -0.1) is 0 Å². The molecule has 0 aliphatic carbocycles. The first-order chi connectivity index (χ1) is 14.8. The molecule has 0 radical (unpaired) electrons. The van der Waals surface area contributed by atoms with E-state index in [9.17, 15) is 14.4 Å². The Hall–Kier alpha value is -3.55. The number of hydrogen-bond acceptors (Lipinski definition) is 5. The van der Waals surface area contributed by atoms with Crippen LogP contribution in [-0.4, -0.2) is 38.0 Å². The van der Waals surface area contributed by atoms with Crippen LogP contribution >= 0.6 is 0 Å². The fourth-order valence-corrected chi connectivity index (χ4v) is 3.55. The molecule has 1 heterocycles. The maximum atomic E-state index is 12.8. The minimum Gasteiger partial charge on any atom is -0.493 e. The van der Waals surface area contributed by atoms with E-state index in [1.54, 1.807) is 44.6 Å². The Morgan fingerprint density at radius 1 is 1.06 bits per heavy atom. The van der Waals surface area contributed by atoms with Gasteiger partial charge in [-0.1, -0.05) is 32.0 Å². The van der Waals surface area contributed by atoms with Crippen LogP contribution in [0.15, 0.2) is 42.5 Å². The lowest BCUT2D eigenvalue weighted by molar-refractivity contribution is -0.126. The largest absolute Gasteiger partial charge is 0.493 e. The Morgan fingerprint density at radius 3 is 2.45 bits per heavy atom. The Kier molecular flexibility index (Phi) is 6.79. The van der Waals surface area contributed by atoms with Crippen molar-refractivity contribution in [2.75, 3.05) is 19.5 Å². The van der Waals surface area contributed by atoms with Gasteiger partial charge in [-0.3, -0.25) is 14.4 Å². The van der Waals surface area contributed by atoms with E-state index in [2.05, 4.69) is 16.0 Å². The molecular weight excluding hydrogens is 398 g/mol. The molecule has 8 heteroatoms. The molecule has 3 amide bonds. The van der Waals surface area contributed by atoms with Crippen LogP contribution in [-0.2, 0) is 9.59 Å². The van der Waals surface area contributed by atoms with E-state index in [4.69, 9.17) is 9.47 Å². The third-order valence-corrected chi connectivity index (χ3v) is 5.19. The van der Waals surface area contributed by atoms with Crippen LogP contribution < -0.4 is 25.4 Å². The summed E-state index contributed by atoms with van der Waals surface area (Å²) in [5, 5.41) is 8.33. The molecule has 2 atom stereocenters. The highest BCUT2D eigenvalue weighted by Gasteiger charge is 2.30. The van der Waals surface area contributed by atoms with Crippen LogP contribution in [0.5, 0.6) is 11.5 Å². The number of carbonyl (C=O) groups excluding carboxylic acids is 3. The first-order valence-electron chi connectivity index (χ1n) is 10.1. The predicted octanol–water partition coefficient (Wildman–Crippen LogP) is 2.66. The molecule has 2 aromatic carbocycles. The average Bonchev–Trinajstić information content (AvgIpc) is 2.87. The molecule has 0 saturated heterocycles. The first kappa shape index (κ1) is 22.1. The maximum absolute atomic E-state index is 12.8. The monoisotopic (exact) mass is 425 g/mol. The van der Waals surface area contributed by atoms with Crippen LogP contribution in [0.3, 0.4) is 0 Å². The van der Waals surface area contributed by atoms with E-state index in [0.717, 1.165) is 5.56 Å². The van der Waals surface area contributed by atoms with Crippen molar-refractivity contribution in [3.05, 3.63) is 53.6 Å². The highest BCUT2D eigenvalue weighted by molar-refractivity contribution is 6.10. The van der Waals surface area contributed by atoms with Crippen molar-refractivity contribution in [3.8, 4) is 11.5 Å². The fourth-order valence-electron chi connectivity index (χ4n) is 3.55. The number of amides is 3. The summed E-state index contributed by atoms with van der Waals surface area (Å²) in [7, 11) is 3.11. The number of ether oxygens (including phenoxy) is 2. The molecule has 0 fully saturated rings. The lowest BCUT2D eigenvalue weighted by Crippen LogP contribution is -2.45. The Morgan fingerprint density at radius 2 is 1.77 bits per heavy atom. The number of para-hydroxylation sites is 1. The van der Waals surface area contributed by atoms with Gasteiger partial charge >= 0.3 is 0 Å². The zero-order chi connectivity index (χ0) is 22.5. The second-order valence-corrected chi connectivity index (χ2v) is 7.67. The number of hydrogen-bond donors (Lipinski definition) is 3. The molecule has 164 valence electrons. The van der Waals surface area contributed by atoms with Crippen molar-refractivity contribution >= 4 is 23.4 Å². The van der Waals surface area contributed by atoms with E-state index in [1.807, 2.05) is 26.0 Å². The summed E-state index contributed by atoms with van der Waals surface area (Å²) < 4.78 is 10.6. The fraction of sp³-hybridized carbons (Fsp3) is 0.348. The smallest absolute Gasteiger partial charge is 0.254 e. The Labute approximate surface area is 181 Å². The van der Waals surface area contributed by atoms with Crippen molar-refractivity contribution in [2.24, 2.45) is 5.92 Å². The third kappa shape index (κ3) is 4.96. The average molecular weight is 425 g/mol. The van der Waals surface area contributed by atoms with Crippen LogP contribution in [0.25, 0.3) is 0 Å². The van der Waals surface area contributed by atoms with Crippen LogP contribution in [0, 0.1) is 5.92 Å². The van der Waals surface area contributed by atoms with E-state index in [0.29, 0.717) is 22.7 Å². The van der Waals surface area contributed by atoms with Crippen molar-refractivity contribution in [1.82, 2.24) is 10.6 Å². The number of benzene rings is 2.